The van der Waals surface area contributed by atoms with Gasteiger partial charge in [-0.05, 0) is 54.7 Å². The third-order valence-corrected chi connectivity index (χ3v) is 6.71. The van der Waals surface area contributed by atoms with Gasteiger partial charge in [-0.2, -0.15) is 0 Å². The first-order valence-electron chi connectivity index (χ1n) is 10.6. The average molecular weight is 417 g/mol. The molecular formula is C24H32O6. The number of esters is 3. The minimum atomic E-state index is -0.830. The molecule has 3 rings (SSSR count). The molecule has 6 nitrogen and oxygen atoms in total. The topological polar surface area (TPSA) is 78.9 Å². The molecule has 2 aliphatic rings. The van der Waals surface area contributed by atoms with Crippen molar-refractivity contribution < 1.29 is 28.6 Å². The van der Waals surface area contributed by atoms with E-state index < -0.39 is 35.5 Å². The van der Waals surface area contributed by atoms with Gasteiger partial charge in [-0.3, -0.25) is 14.4 Å². The highest BCUT2D eigenvalue weighted by Gasteiger charge is 2.60. The summed E-state index contributed by atoms with van der Waals surface area (Å²) in [5.74, 6) is -0.0842. The monoisotopic (exact) mass is 416 g/mol. The largest absolute Gasteiger partial charge is 0.458 e. The van der Waals surface area contributed by atoms with Crippen molar-refractivity contribution in [2.75, 3.05) is 0 Å². The lowest BCUT2D eigenvalue weighted by atomic mass is 9.60. The van der Waals surface area contributed by atoms with Gasteiger partial charge in [0.25, 0.3) is 0 Å². The Hall–Kier alpha value is -2.37. The van der Waals surface area contributed by atoms with Crippen LogP contribution in [0.1, 0.15) is 83.1 Å². The summed E-state index contributed by atoms with van der Waals surface area (Å²) >= 11 is 0. The molecule has 0 aliphatic heterocycles. The van der Waals surface area contributed by atoms with Crippen molar-refractivity contribution in [1.29, 1.82) is 0 Å². The molecule has 1 aromatic carbocycles. The SMILES string of the molecule is CC(=O)Oc1cc(C)cc2c1[C@H](OC(C)=O)[C@H](OC(C)=O)[C@]1(C)CC[C@H](C(C)C)[C@H]21. The van der Waals surface area contributed by atoms with Gasteiger partial charge < -0.3 is 14.2 Å². The molecule has 0 unspecified atom stereocenters. The van der Waals surface area contributed by atoms with E-state index in [0.717, 1.165) is 24.0 Å². The number of rotatable bonds is 4. The molecule has 0 amide bonds. The van der Waals surface area contributed by atoms with Crippen molar-refractivity contribution in [3.05, 3.63) is 28.8 Å². The zero-order valence-corrected chi connectivity index (χ0v) is 18.9. The molecule has 164 valence electrons. The molecular weight excluding hydrogens is 384 g/mol. The predicted octanol–water partition coefficient (Wildman–Crippen LogP) is 4.63. The summed E-state index contributed by atoms with van der Waals surface area (Å²) in [4.78, 5) is 36.0. The van der Waals surface area contributed by atoms with Crippen LogP contribution in [0.3, 0.4) is 0 Å². The Morgan fingerprint density at radius 2 is 1.67 bits per heavy atom. The summed E-state index contributed by atoms with van der Waals surface area (Å²) < 4.78 is 17.2. The van der Waals surface area contributed by atoms with Gasteiger partial charge in [0.15, 0.2) is 6.10 Å². The second-order valence-electron chi connectivity index (χ2n) is 9.35. The lowest BCUT2D eigenvalue weighted by Gasteiger charge is -2.49. The van der Waals surface area contributed by atoms with Crippen LogP contribution < -0.4 is 4.74 Å². The van der Waals surface area contributed by atoms with E-state index in [1.807, 2.05) is 6.92 Å². The number of benzene rings is 1. The van der Waals surface area contributed by atoms with Crippen molar-refractivity contribution in [2.24, 2.45) is 17.3 Å². The molecule has 1 fully saturated rings. The van der Waals surface area contributed by atoms with Crippen LogP contribution in [0.15, 0.2) is 12.1 Å². The maximum absolute atomic E-state index is 12.1. The Morgan fingerprint density at radius 1 is 1.03 bits per heavy atom. The number of fused-ring (bicyclic) bond motifs is 3. The maximum atomic E-state index is 12.1. The van der Waals surface area contributed by atoms with Gasteiger partial charge in [0.2, 0.25) is 0 Å². The fraction of sp³-hybridized carbons (Fsp3) is 0.625. The Kier molecular flexibility index (Phi) is 5.99. The molecule has 0 radical (unpaired) electrons. The van der Waals surface area contributed by atoms with Gasteiger partial charge in [-0.15, -0.1) is 0 Å². The predicted molar refractivity (Wildman–Crippen MR) is 111 cm³/mol. The van der Waals surface area contributed by atoms with Crippen LogP contribution in [0.2, 0.25) is 0 Å². The summed E-state index contributed by atoms with van der Waals surface area (Å²) in [6.07, 6.45) is 0.354. The third-order valence-electron chi connectivity index (χ3n) is 6.71. The minimum Gasteiger partial charge on any atom is -0.458 e. The molecule has 0 N–H and O–H groups in total. The molecule has 0 aromatic heterocycles. The number of hydrogen-bond donors (Lipinski definition) is 0. The van der Waals surface area contributed by atoms with Crippen LogP contribution in [-0.4, -0.2) is 24.0 Å². The fourth-order valence-corrected chi connectivity index (χ4v) is 5.68. The van der Waals surface area contributed by atoms with E-state index in [-0.39, 0.29) is 5.92 Å². The summed E-state index contributed by atoms with van der Waals surface area (Å²) in [6.45, 7) is 12.6. The number of carbonyl (C=O) groups is 3. The normalized spacial score (nSPS) is 29.7. The molecule has 2 aliphatic carbocycles. The summed E-state index contributed by atoms with van der Waals surface area (Å²) in [5.41, 5.74) is 2.25. The first-order valence-corrected chi connectivity index (χ1v) is 10.6. The molecule has 0 bridgehead atoms. The molecule has 0 heterocycles. The molecule has 1 saturated carbocycles. The van der Waals surface area contributed by atoms with Gasteiger partial charge in [-0.25, -0.2) is 0 Å². The molecule has 1 aromatic rings. The van der Waals surface area contributed by atoms with Gasteiger partial charge in [0.05, 0.1) is 0 Å². The number of hydrogen-bond acceptors (Lipinski definition) is 6. The van der Waals surface area contributed by atoms with Crippen LogP contribution in [0.25, 0.3) is 0 Å². The van der Waals surface area contributed by atoms with E-state index >= 15 is 0 Å². The molecule has 0 spiro atoms. The summed E-state index contributed by atoms with van der Waals surface area (Å²) in [5, 5.41) is 0. The van der Waals surface area contributed by atoms with Crippen LogP contribution in [0, 0.1) is 24.2 Å². The van der Waals surface area contributed by atoms with Gasteiger partial charge in [0.1, 0.15) is 11.9 Å². The second kappa shape index (κ2) is 8.05. The van der Waals surface area contributed by atoms with Crippen LogP contribution >= 0.6 is 0 Å². The third kappa shape index (κ3) is 3.84. The maximum Gasteiger partial charge on any atom is 0.308 e. The van der Waals surface area contributed by atoms with Crippen molar-refractivity contribution in [1.82, 2.24) is 0 Å². The van der Waals surface area contributed by atoms with Crippen LogP contribution in [0.4, 0.5) is 0 Å². The lowest BCUT2D eigenvalue weighted by Crippen LogP contribution is -2.48. The van der Waals surface area contributed by atoms with Gasteiger partial charge in [0, 0.05) is 31.7 Å². The summed E-state index contributed by atoms with van der Waals surface area (Å²) in [7, 11) is 0. The number of carbonyl (C=O) groups excluding carboxylic acids is 3. The molecule has 0 saturated heterocycles. The molecule has 30 heavy (non-hydrogen) atoms. The van der Waals surface area contributed by atoms with Crippen molar-refractivity contribution >= 4 is 17.9 Å². The van der Waals surface area contributed by atoms with E-state index in [0.29, 0.717) is 23.1 Å². The Bertz CT molecular complexity index is 873. The van der Waals surface area contributed by atoms with Crippen molar-refractivity contribution in [3.63, 3.8) is 0 Å². The lowest BCUT2D eigenvalue weighted by molar-refractivity contribution is -0.182. The Labute approximate surface area is 178 Å². The van der Waals surface area contributed by atoms with E-state index in [1.165, 1.54) is 20.8 Å². The van der Waals surface area contributed by atoms with Crippen molar-refractivity contribution in [2.45, 2.75) is 79.4 Å². The van der Waals surface area contributed by atoms with Crippen LogP contribution in [0.5, 0.6) is 5.75 Å². The Balaban J connectivity index is 2.32. The zero-order valence-electron chi connectivity index (χ0n) is 18.9. The van der Waals surface area contributed by atoms with Gasteiger partial charge >= 0.3 is 17.9 Å². The summed E-state index contributed by atoms with van der Waals surface area (Å²) in [6, 6.07) is 3.88. The Morgan fingerprint density at radius 3 is 2.20 bits per heavy atom. The van der Waals surface area contributed by atoms with E-state index in [2.05, 4.69) is 26.8 Å². The number of aryl methyl sites for hydroxylation is 1. The molecule has 5 atom stereocenters. The fourth-order valence-electron chi connectivity index (χ4n) is 5.68. The minimum absolute atomic E-state index is 0.0952. The van der Waals surface area contributed by atoms with E-state index in [1.54, 1.807) is 6.07 Å². The van der Waals surface area contributed by atoms with E-state index in [9.17, 15) is 14.4 Å². The second-order valence-corrected chi connectivity index (χ2v) is 9.35. The first kappa shape index (κ1) is 22.3. The first-order chi connectivity index (χ1) is 14.0. The molecule has 6 heteroatoms. The van der Waals surface area contributed by atoms with Crippen LogP contribution in [-0.2, 0) is 23.9 Å². The highest BCUT2D eigenvalue weighted by molar-refractivity contribution is 5.72. The standard InChI is InChI=1S/C24H32O6/c1-12(2)17-8-9-24(7)21(17)18-10-13(3)11-19(28-14(4)25)20(18)22(29-15(5)26)23(24)30-16(6)27/h10-12,17,21-23H,8-9H2,1-7H3/t17-,21-,22+,23+,24-/m1/s1. The van der Waals surface area contributed by atoms with E-state index in [4.69, 9.17) is 14.2 Å². The highest BCUT2D eigenvalue weighted by Crippen LogP contribution is 2.64. The smallest absolute Gasteiger partial charge is 0.308 e. The van der Waals surface area contributed by atoms with Gasteiger partial charge in [-0.1, -0.05) is 26.8 Å². The van der Waals surface area contributed by atoms with Crippen molar-refractivity contribution in [3.8, 4) is 5.75 Å². The average Bonchev–Trinajstić information content (AvgIpc) is 2.95. The highest BCUT2D eigenvalue weighted by atomic mass is 16.6. The number of ether oxygens (including phenoxy) is 3. The quantitative estimate of drug-likeness (QED) is 0.526. The zero-order chi connectivity index (χ0) is 22.4.